The first-order valence-electron chi connectivity index (χ1n) is 5.19. The molecule has 3 nitrogen and oxygen atoms in total. The molecule has 0 atom stereocenters. The fraction of sp³-hybridized carbons (Fsp3) is 0.417. The van der Waals surface area contributed by atoms with Crippen LogP contribution in [0.5, 0.6) is 5.75 Å². The summed E-state index contributed by atoms with van der Waals surface area (Å²) in [5.74, 6) is -0.464. The number of halogens is 1. The van der Waals surface area contributed by atoms with Crippen molar-refractivity contribution >= 4 is 0 Å². The third-order valence-corrected chi connectivity index (χ3v) is 2.35. The Kier molecular flexibility index (Phi) is 4.74. The summed E-state index contributed by atoms with van der Waals surface area (Å²) < 4.78 is 18.3. The van der Waals surface area contributed by atoms with Gasteiger partial charge in [-0.2, -0.15) is 5.26 Å². The molecular weight excluding hydrogens is 207 g/mol. The fourth-order valence-electron chi connectivity index (χ4n) is 1.56. The fourth-order valence-corrected chi connectivity index (χ4v) is 1.56. The largest absolute Gasteiger partial charge is 0.492 e. The molecule has 0 amide bonds. The number of rotatable bonds is 5. The number of aryl methyl sites for hydroxylation is 1. The summed E-state index contributed by atoms with van der Waals surface area (Å²) in [6.45, 7) is 0.629. The minimum Gasteiger partial charge on any atom is -0.492 e. The van der Waals surface area contributed by atoms with E-state index < -0.39 is 5.82 Å². The second kappa shape index (κ2) is 6.09. The van der Waals surface area contributed by atoms with Crippen molar-refractivity contribution in [3.8, 4) is 11.8 Å². The monoisotopic (exact) mass is 222 g/mol. The first kappa shape index (κ1) is 12.5. The van der Waals surface area contributed by atoms with Gasteiger partial charge >= 0.3 is 0 Å². The Labute approximate surface area is 94.6 Å². The summed E-state index contributed by atoms with van der Waals surface area (Å²) in [4.78, 5) is 0. The van der Waals surface area contributed by atoms with Gasteiger partial charge in [0.2, 0.25) is 0 Å². The zero-order valence-corrected chi connectivity index (χ0v) is 9.29. The quantitative estimate of drug-likeness (QED) is 0.775. The number of nitrogens with zero attached hydrogens (tertiary/aromatic N) is 1. The predicted molar refractivity (Wildman–Crippen MR) is 59.7 cm³/mol. The normalized spacial score (nSPS) is 9.88. The van der Waals surface area contributed by atoms with Crippen LogP contribution in [0.2, 0.25) is 0 Å². The number of hydrogen-bond acceptors (Lipinski definition) is 3. The number of nitriles is 1. The molecule has 4 heteroatoms. The van der Waals surface area contributed by atoms with Gasteiger partial charge in [0.05, 0.1) is 12.7 Å². The Morgan fingerprint density at radius 1 is 1.44 bits per heavy atom. The SMILES string of the molecule is COc1c(F)cc(CCCCN)cc1C#N. The van der Waals surface area contributed by atoms with Crippen LogP contribution in [0.15, 0.2) is 12.1 Å². The highest BCUT2D eigenvalue weighted by Gasteiger charge is 2.10. The van der Waals surface area contributed by atoms with Gasteiger partial charge in [-0.1, -0.05) is 0 Å². The summed E-state index contributed by atoms with van der Waals surface area (Å²) in [5.41, 5.74) is 6.43. The summed E-state index contributed by atoms with van der Waals surface area (Å²) >= 11 is 0. The molecule has 0 radical (unpaired) electrons. The predicted octanol–water partition coefficient (Wildman–Crippen LogP) is 1.99. The van der Waals surface area contributed by atoms with Crippen LogP contribution in [0.4, 0.5) is 4.39 Å². The van der Waals surface area contributed by atoms with E-state index in [0.29, 0.717) is 6.54 Å². The van der Waals surface area contributed by atoms with Gasteiger partial charge in [-0.05, 0) is 43.5 Å². The molecule has 86 valence electrons. The van der Waals surface area contributed by atoms with Crippen LogP contribution in [0.25, 0.3) is 0 Å². The van der Waals surface area contributed by atoms with Gasteiger partial charge in [0, 0.05) is 0 Å². The van der Waals surface area contributed by atoms with Gasteiger partial charge in [-0.3, -0.25) is 0 Å². The summed E-state index contributed by atoms with van der Waals surface area (Å²) in [7, 11) is 1.35. The molecule has 1 rings (SSSR count). The lowest BCUT2D eigenvalue weighted by atomic mass is 10.0. The maximum Gasteiger partial charge on any atom is 0.172 e. The Morgan fingerprint density at radius 3 is 2.75 bits per heavy atom. The molecule has 1 aromatic rings. The van der Waals surface area contributed by atoms with E-state index >= 15 is 0 Å². The Hall–Kier alpha value is -1.60. The molecule has 0 saturated carbocycles. The van der Waals surface area contributed by atoms with E-state index in [1.807, 2.05) is 6.07 Å². The average molecular weight is 222 g/mol. The van der Waals surface area contributed by atoms with Gasteiger partial charge in [-0.25, -0.2) is 4.39 Å². The van der Waals surface area contributed by atoms with Crippen molar-refractivity contribution in [1.82, 2.24) is 0 Å². The van der Waals surface area contributed by atoms with Crippen molar-refractivity contribution in [2.45, 2.75) is 19.3 Å². The van der Waals surface area contributed by atoms with Crippen molar-refractivity contribution in [1.29, 1.82) is 5.26 Å². The van der Waals surface area contributed by atoms with E-state index in [9.17, 15) is 4.39 Å². The standard InChI is InChI=1S/C12H15FN2O/c1-16-12-10(8-15)6-9(7-11(12)13)4-2-3-5-14/h6-7H,2-5,14H2,1H3. The van der Waals surface area contributed by atoms with E-state index in [1.165, 1.54) is 13.2 Å². The molecule has 0 bridgehead atoms. The van der Waals surface area contributed by atoms with Gasteiger partial charge in [0.1, 0.15) is 6.07 Å². The van der Waals surface area contributed by atoms with Crippen molar-refractivity contribution in [2.24, 2.45) is 5.73 Å². The second-order valence-corrected chi connectivity index (χ2v) is 3.52. The Morgan fingerprint density at radius 2 is 2.19 bits per heavy atom. The van der Waals surface area contributed by atoms with E-state index in [2.05, 4.69) is 0 Å². The first-order chi connectivity index (χ1) is 7.72. The molecule has 0 saturated heterocycles. The maximum absolute atomic E-state index is 13.5. The van der Waals surface area contributed by atoms with Crippen LogP contribution >= 0.6 is 0 Å². The van der Waals surface area contributed by atoms with Crippen molar-refractivity contribution < 1.29 is 9.13 Å². The van der Waals surface area contributed by atoms with Crippen molar-refractivity contribution in [3.63, 3.8) is 0 Å². The lowest BCUT2D eigenvalue weighted by Crippen LogP contribution is -2.00. The van der Waals surface area contributed by atoms with Gasteiger partial charge in [-0.15, -0.1) is 0 Å². The minimum absolute atomic E-state index is 0.0186. The lowest BCUT2D eigenvalue weighted by molar-refractivity contribution is 0.384. The minimum atomic E-state index is -0.482. The maximum atomic E-state index is 13.5. The lowest BCUT2D eigenvalue weighted by Gasteiger charge is -2.07. The number of benzene rings is 1. The molecule has 16 heavy (non-hydrogen) atoms. The molecule has 0 unspecified atom stereocenters. The van der Waals surface area contributed by atoms with Gasteiger partial charge in [0.15, 0.2) is 11.6 Å². The molecule has 2 N–H and O–H groups in total. The topological polar surface area (TPSA) is 59.0 Å². The Bertz CT molecular complexity index is 399. The van der Waals surface area contributed by atoms with Crippen molar-refractivity contribution in [3.05, 3.63) is 29.1 Å². The van der Waals surface area contributed by atoms with E-state index in [0.717, 1.165) is 24.8 Å². The van der Waals surface area contributed by atoms with Crippen LogP contribution in [0, 0.1) is 17.1 Å². The highest BCUT2D eigenvalue weighted by atomic mass is 19.1. The summed E-state index contributed by atoms with van der Waals surface area (Å²) in [5, 5.41) is 8.85. The number of nitrogens with two attached hydrogens (primary N) is 1. The zero-order chi connectivity index (χ0) is 12.0. The van der Waals surface area contributed by atoms with Crippen LogP contribution in [0.1, 0.15) is 24.0 Å². The molecule has 0 aliphatic carbocycles. The molecular formula is C12H15FN2O. The molecule has 1 aromatic carbocycles. The van der Waals surface area contributed by atoms with E-state index in [-0.39, 0.29) is 11.3 Å². The van der Waals surface area contributed by atoms with Gasteiger partial charge in [0.25, 0.3) is 0 Å². The second-order valence-electron chi connectivity index (χ2n) is 3.52. The van der Waals surface area contributed by atoms with Crippen LogP contribution in [-0.2, 0) is 6.42 Å². The third-order valence-electron chi connectivity index (χ3n) is 2.35. The Balaban J connectivity index is 2.89. The number of unbranched alkanes of at least 4 members (excludes halogenated alkanes) is 1. The molecule has 0 aliphatic rings. The third kappa shape index (κ3) is 2.94. The molecule has 0 heterocycles. The van der Waals surface area contributed by atoms with Crippen LogP contribution in [-0.4, -0.2) is 13.7 Å². The summed E-state index contributed by atoms with van der Waals surface area (Å²) in [6, 6.07) is 5.01. The first-order valence-corrected chi connectivity index (χ1v) is 5.19. The van der Waals surface area contributed by atoms with E-state index in [1.54, 1.807) is 6.07 Å². The number of methoxy groups -OCH3 is 1. The molecule has 0 aliphatic heterocycles. The molecule has 0 spiro atoms. The van der Waals surface area contributed by atoms with E-state index in [4.69, 9.17) is 15.7 Å². The smallest absolute Gasteiger partial charge is 0.172 e. The summed E-state index contributed by atoms with van der Waals surface area (Å²) in [6.07, 6.45) is 2.52. The molecule has 0 aromatic heterocycles. The van der Waals surface area contributed by atoms with Crippen LogP contribution < -0.4 is 10.5 Å². The van der Waals surface area contributed by atoms with Crippen LogP contribution in [0.3, 0.4) is 0 Å². The average Bonchev–Trinajstić information content (AvgIpc) is 2.28. The highest BCUT2D eigenvalue weighted by molar-refractivity contribution is 5.46. The number of hydrogen-bond donors (Lipinski definition) is 1. The van der Waals surface area contributed by atoms with Crippen molar-refractivity contribution in [2.75, 3.05) is 13.7 Å². The van der Waals surface area contributed by atoms with Gasteiger partial charge < -0.3 is 10.5 Å². The highest BCUT2D eigenvalue weighted by Crippen LogP contribution is 2.24. The molecule has 0 fully saturated rings. The zero-order valence-electron chi connectivity index (χ0n) is 9.29. The number of ether oxygens (including phenoxy) is 1.